The van der Waals surface area contributed by atoms with E-state index in [9.17, 15) is 4.79 Å². The van der Waals surface area contributed by atoms with E-state index in [4.69, 9.17) is 10.2 Å². The van der Waals surface area contributed by atoms with Crippen LogP contribution in [0.5, 0.6) is 0 Å². The Morgan fingerprint density at radius 3 is 2.14 bits per heavy atom. The van der Waals surface area contributed by atoms with E-state index in [1.54, 1.807) is 0 Å². The highest BCUT2D eigenvalue weighted by Gasteiger charge is 1.97. The highest BCUT2D eigenvalue weighted by atomic mass is 16.7. The number of rotatable bonds is 1. The Morgan fingerprint density at radius 2 is 2.14 bits per heavy atom. The molecule has 0 aliphatic carbocycles. The summed E-state index contributed by atoms with van der Waals surface area (Å²) in [5.41, 5.74) is 0. The van der Waals surface area contributed by atoms with Gasteiger partial charge in [0.25, 0.3) is 0 Å². The van der Waals surface area contributed by atoms with Crippen LogP contribution in [0.1, 0.15) is 6.92 Å². The van der Waals surface area contributed by atoms with Crippen LogP contribution >= 0.6 is 0 Å². The van der Waals surface area contributed by atoms with Crippen molar-refractivity contribution in [1.29, 1.82) is 0 Å². The predicted molar refractivity (Wildman–Crippen MR) is 20.0 cm³/mol. The average Bonchev–Trinajstić information content (AvgIpc) is 1.27. The van der Waals surface area contributed by atoms with E-state index in [1.807, 2.05) is 0 Å². The largest absolute Gasteiger partial charge is 0.411 e. The number of aliphatic hydroxyl groups is 2. The fourth-order valence-corrected chi connectivity index (χ4v) is 0.148. The van der Waals surface area contributed by atoms with E-state index in [2.05, 4.69) is 4.74 Å². The van der Waals surface area contributed by atoms with Crippen molar-refractivity contribution in [1.82, 2.24) is 0 Å². The molecule has 0 unspecified atom stereocenters. The van der Waals surface area contributed by atoms with Gasteiger partial charge in [0.1, 0.15) is 0 Å². The first-order chi connectivity index (χ1) is 3.13. The maximum absolute atomic E-state index is 9.71. The summed E-state index contributed by atoms with van der Waals surface area (Å²) in [6.07, 6.45) is 0. The van der Waals surface area contributed by atoms with Crippen LogP contribution in [0, 0.1) is 0 Å². The Morgan fingerprint density at radius 1 is 1.71 bits per heavy atom. The van der Waals surface area contributed by atoms with E-state index >= 15 is 0 Å². The Labute approximate surface area is 40.3 Å². The summed E-state index contributed by atoms with van der Waals surface area (Å²) in [5.74, 6) is -0.713. The number of esters is 1. The number of aliphatic hydroxyl groups excluding tert-OH is 1. The van der Waals surface area contributed by atoms with Crippen molar-refractivity contribution in [3.05, 3.63) is 0 Å². The molecule has 2 N–H and O–H groups in total. The molecule has 0 heterocycles. The summed E-state index contributed by atoms with van der Waals surface area (Å²) in [5, 5.41) is 15.7. The van der Waals surface area contributed by atoms with Crippen molar-refractivity contribution in [3.8, 4) is 0 Å². The SMILES string of the molecule is CC(=O)OC(O)O. The number of carbonyl (C=O) groups is 1. The van der Waals surface area contributed by atoms with Gasteiger partial charge >= 0.3 is 12.4 Å². The zero-order chi connectivity index (χ0) is 5.86. The number of hydrogen-bond acceptors (Lipinski definition) is 4. The minimum absolute atomic E-state index is 0.713. The summed E-state index contributed by atoms with van der Waals surface area (Å²) in [6, 6.07) is 0. The van der Waals surface area contributed by atoms with Crippen LogP contribution in [0.15, 0.2) is 0 Å². The zero-order valence-electron chi connectivity index (χ0n) is 3.79. The summed E-state index contributed by atoms with van der Waals surface area (Å²) >= 11 is 0. The molecule has 0 rings (SSSR count). The summed E-state index contributed by atoms with van der Waals surface area (Å²) in [7, 11) is 0. The lowest BCUT2D eigenvalue weighted by Gasteiger charge is -1.99. The highest BCUT2D eigenvalue weighted by Crippen LogP contribution is 1.78. The molecule has 0 aliphatic heterocycles. The Hall–Kier alpha value is -0.610. The molecule has 0 bridgehead atoms. The fraction of sp³-hybridized carbons (Fsp3) is 0.667. The van der Waals surface area contributed by atoms with Crippen LogP contribution < -0.4 is 0 Å². The zero-order valence-corrected chi connectivity index (χ0v) is 3.79. The molecule has 0 radical (unpaired) electrons. The molecular weight excluding hydrogens is 100 g/mol. The van der Waals surface area contributed by atoms with Crippen molar-refractivity contribution in [2.45, 2.75) is 13.4 Å². The Kier molecular flexibility index (Phi) is 2.32. The number of carbonyl (C=O) groups excluding carboxylic acids is 1. The minimum Gasteiger partial charge on any atom is -0.411 e. The molecule has 7 heavy (non-hydrogen) atoms. The molecule has 0 aliphatic rings. The third-order valence-electron chi connectivity index (χ3n) is 0.271. The first kappa shape index (κ1) is 6.39. The molecule has 42 valence electrons. The van der Waals surface area contributed by atoms with Crippen LogP contribution in [0.2, 0.25) is 0 Å². The fourth-order valence-electron chi connectivity index (χ4n) is 0.148. The van der Waals surface area contributed by atoms with Crippen LogP contribution in [0.3, 0.4) is 0 Å². The quantitative estimate of drug-likeness (QED) is 0.326. The van der Waals surface area contributed by atoms with Gasteiger partial charge in [-0.25, -0.2) is 0 Å². The van der Waals surface area contributed by atoms with Gasteiger partial charge < -0.3 is 14.9 Å². The van der Waals surface area contributed by atoms with Crippen molar-refractivity contribution in [2.24, 2.45) is 0 Å². The second-order valence-corrected chi connectivity index (χ2v) is 0.936. The van der Waals surface area contributed by atoms with Gasteiger partial charge in [0, 0.05) is 6.92 Å². The van der Waals surface area contributed by atoms with Gasteiger partial charge in [-0.3, -0.25) is 4.79 Å². The van der Waals surface area contributed by atoms with E-state index in [-0.39, 0.29) is 0 Å². The molecule has 0 aromatic carbocycles. The number of ether oxygens (including phenoxy) is 1. The van der Waals surface area contributed by atoms with E-state index in [0.29, 0.717) is 0 Å². The van der Waals surface area contributed by atoms with Crippen molar-refractivity contribution in [3.63, 3.8) is 0 Å². The summed E-state index contributed by atoms with van der Waals surface area (Å²) in [6.45, 7) is -0.892. The summed E-state index contributed by atoms with van der Waals surface area (Å²) < 4.78 is 3.72. The van der Waals surface area contributed by atoms with Crippen LogP contribution in [0.4, 0.5) is 0 Å². The van der Waals surface area contributed by atoms with Gasteiger partial charge in [0.2, 0.25) is 0 Å². The molecule has 0 fully saturated rings. The molecule has 0 atom stereocenters. The smallest absolute Gasteiger partial charge is 0.313 e. The lowest BCUT2D eigenvalue weighted by molar-refractivity contribution is -0.227. The topological polar surface area (TPSA) is 66.8 Å². The maximum Gasteiger partial charge on any atom is 0.313 e. The first-order valence-corrected chi connectivity index (χ1v) is 1.66. The second kappa shape index (κ2) is 2.54. The Balaban J connectivity index is 3.13. The van der Waals surface area contributed by atoms with Gasteiger partial charge in [-0.15, -0.1) is 0 Å². The third kappa shape index (κ3) is 5.39. The lowest BCUT2D eigenvalue weighted by Crippen LogP contribution is -2.13. The molecule has 4 nitrogen and oxygen atoms in total. The average molecular weight is 106 g/mol. The highest BCUT2D eigenvalue weighted by molar-refractivity contribution is 5.65. The van der Waals surface area contributed by atoms with Gasteiger partial charge in [0.05, 0.1) is 0 Å². The van der Waals surface area contributed by atoms with E-state index in [1.165, 1.54) is 0 Å². The minimum atomic E-state index is -1.97. The molecule has 0 aromatic heterocycles. The molecule has 0 aromatic rings. The molecule has 0 saturated heterocycles. The number of hydrogen-bond donors (Lipinski definition) is 2. The van der Waals surface area contributed by atoms with Crippen molar-refractivity contribution < 1.29 is 19.7 Å². The van der Waals surface area contributed by atoms with Gasteiger partial charge in [-0.05, 0) is 0 Å². The van der Waals surface area contributed by atoms with Crippen LogP contribution in [0.25, 0.3) is 0 Å². The maximum atomic E-state index is 9.71. The summed E-state index contributed by atoms with van der Waals surface area (Å²) in [4.78, 5) is 9.71. The lowest BCUT2D eigenvalue weighted by atomic mass is 10.8. The first-order valence-electron chi connectivity index (χ1n) is 1.66. The van der Waals surface area contributed by atoms with Crippen LogP contribution in [-0.2, 0) is 9.53 Å². The van der Waals surface area contributed by atoms with E-state index < -0.39 is 12.4 Å². The van der Waals surface area contributed by atoms with Gasteiger partial charge in [-0.1, -0.05) is 0 Å². The molecule has 4 heteroatoms. The molecule has 0 saturated carbocycles. The third-order valence-corrected chi connectivity index (χ3v) is 0.271. The van der Waals surface area contributed by atoms with Crippen molar-refractivity contribution >= 4 is 5.97 Å². The van der Waals surface area contributed by atoms with Gasteiger partial charge in [0.15, 0.2) is 0 Å². The second-order valence-electron chi connectivity index (χ2n) is 0.936. The monoisotopic (exact) mass is 106 g/mol. The normalized spacial score (nSPS) is 9.14. The standard InChI is InChI=1S/C3H6O4/c1-2(4)7-3(5)6/h3,5-6H,1H3. The molecular formula is C3H6O4. The van der Waals surface area contributed by atoms with Gasteiger partial charge in [-0.2, -0.15) is 0 Å². The Bertz CT molecular complexity index is 67.3. The molecule has 0 spiro atoms. The molecule has 0 amide bonds. The van der Waals surface area contributed by atoms with Crippen molar-refractivity contribution in [2.75, 3.05) is 0 Å². The predicted octanol–water partition coefficient (Wildman–Crippen LogP) is -1.18. The van der Waals surface area contributed by atoms with Crippen LogP contribution in [-0.4, -0.2) is 22.7 Å². The van der Waals surface area contributed by atoms with E-state index in [0.717, 1.165) is 6.92 Å².